The normalized spacial score (nSPS) is 12.6. The minimum Gasteiger partial charge on any atom is -0.348 e. The third-order valence-corrected chi connectivity index (χ3v) is 4.70. The lowest BCUT2D eigenvalue weighted by atomic mass is 9.96. The molecule has 6 nitrogen and oxygen atoms in total. The van der Waals surface area contributed by atoms with E-state index in [0.29, 0.717) is 11.0 Å². The number of aromatic nitrogens is 3. The molecule has 0 aliphatic carbocycles. The smallest absolute Gasteiger partial charge is 0.230 e. The van der Waals surface area contributed by atoms with Crippen molar-refractivity contribution in [2.75, 3.05) is 11.6 Å². The highest BCUT2D eigenvalue weighted by molar-refractivity contribution is 7.99. The standard InChI is InChI=1S/C17H24FN5OS/c1-10(2)15(12-5-7-13(18)8-6-12)20-14(24)9-25-17-22-21-16(11(3)4)23(17)19/h5-8,10-11,15H,9,19H2,1-4H3,(H,20,24). The highest BCUT2D eigenvalue weighted by Crippen LogP contribution is 2.23. The molecule has 1 aromatic carbocycles. The first kappa shape index (κ1) is 19.2. The number of nitrogens with two attached hydrogens (primary N) is 1. The number of thioether (sulfide) groups is 1. The van der Waals surface area contributed by atoms with Gasteiger partial charge in [-0.15, -0.1) is 10.2 Å². The first-order chi connectivity index (χ1) is 11.8. The van der Waals surface area contributed by atoms with Crippen LogP contribution in [0.3, 0.4) is 0 Å². The Morgan fingerprint density at radius 1 is 1.24 bits per heavy atom. The molecule has 0 saturated heterocycles. The van der Waals surface area contributed by atoms with Gasteiger partial charge in [-0.3, -0.25) is 4.79 Å². The monoisotopic (exact) mass is 365 g/mol. The SMILES string of the molecule is CC(C)c1nnc(SCC(=O)NC(c2ccc(F)cc2)C(C)C)n1N. The molecular formula is C17H24FN5OS. The maximum atomic E-state index is 13.1. The van der Waals surface area contributed by atoms with E-state index < -0.39 is 0 Å². The second-order valence-electron chi connectivity index (χ2n) is 6.49. The molecule has 1 unspecified atom stereocenters. The minimum atomic E-state index is -0.295. The van der Waals surface area contributed by atoms with Crippen LogP contribution in [0.15, 0.2) is 29.4 Å². The number of benzene rings is 1. The fourth-order valence-electron chi connectivity index (χ4n) is 2.43. The molecule has 0 aliphatic rings. The van der Waals surface area contributed by atoms with E-state index in [-0.39, 0.29) is 35.4 Å². The summed E-state index contributed by atoms with van der Waals surface area (Å²) in [5, 5.41) is 11.6. The molecule has 8 heteroatoms. The first-order valence-electron chi connectivity index (χ1n) is 8.17. The Kier molecular flexibility index (Phi) is 6.41. The number of carbonyl (C=O) groups is 1. The summed E-state index contributed by atoms with van der Waals surface area (Å²) in [6, 6.07) is 6.00. The third-order valence-electron chi connectivity index (χ3n) is 3.75. The maximum absolute atomic E-state index is 13.1. The van der Waals surface area contributed by atoms with E-state index in [1.807, 2.05) is 27.7 Å². The van der Waals surface area contributed by atoms with Crippen LogP contribution in [-0.2, 0) is 4.79 Å². The van der Waals surface area contributed by atoms with Crippen LogP contribution in [0.25, 0.3) is 0 Å². The van der Waals surface area contributed by atoms with Gasteiger partial charge in [-0.25, -0.2) is 9.07 Å². The fraction of sp³-hybridized carbons (Fsp3) is 0.471. The Labute approximate surface area is 151 Å². The summed E-state index contributed by atoms with van der Waals surface area (Å²) in [7, 11) is 0. The predicted octanol–water partition coefficient (Wildman–Crippen LogP) is 2.86. The molecule has 25 heavy (non-hydrogen) atoms. The van der Waals surface area contributed by atoms with Crippen molar-refractivity contribution in [3.63, 3.8) is 0 Å². The van der Waals surface area contributed by atoms with Crippen molar-refractivity contribution in [3.05, 3.63) is 41.5 Å². The Hall–Kier alpha value is -2.09. The average molecular weight is 365 g/mol. The molecule has 2 aromatic rings. The molecule has 2 rings (SSSR count). The van der Waals surface area contributed by atoms with Crippen molar-refractivity contribution in [1.82, 2.24) is 20.2 Å². The molecule has 0 bridgehead atoms. The van der Waals surface area contributed by atoms with E-state index in [9.17, 15) is 9.18 Å². The fourth-order valence-corrected chi connectivity index (χ4v) is 3.11. The number of nitrogens with zero attached hydrogens (tertiary/aromatic N) is 3. The highest BCUT2D eigenvalue weighted by Gasteiger charge is 2.20. The van der Waals surface area contributed by atoms with Gasteiger partial charge < -0.3 is 11.2 Å². The van der Waals surface area contributed by atoms with E-state index >= 15 is 0 Å². The summed E-state index contributed by atoms with van der Waals surface area (Å²) in [5.74, 6) is 6.70. The van der Waals surface area contributed by atoms with Crippen molar-refractivity contribution >= 4 is 17.7 Å². The Bertz CT molecular complexity index is 714. The molecule has 1 amide bonds. The number of hydrogen-bond acceptors (Lipinski definition) is 5. The lowest BCUT2D eigenvalue weighted by Crippen LogP contribution is -2.33. The average Bonchev–Trinajstić information content (AvgIpc) is 2.92. The van der Waals surface area contributed by atoms with E-state index in [0.717, 1.165) is 5.56 Å². The summed E-state index contributed by atoms with van der Waals surface area (Å²) >= 11 is 1.24. The Morgan fingerprint density at radius 2 is 1.88 bits per heavy atom. The Morgan fingerprint density at radius 3 is 2.40 bits per heavy atom. The van der Waals surface area contributed by atoms with Crippen molar-refractivity contribution in [2.24, 2.45) is 5.92 Å². The maximum Gasteiger partial charge on any atom is 0.230 e. The van der Waals surface area contributed by atoms with Crippen LogP contribution in [-0.4, -0.2) is 26.5 Å². The van der Waals surface area contributed by atoms with E-state index in [4.69, 9.17) is 5.84 Å². The van der Waals surface area contributed by atoms with Gasteiger partial charge in [0.2, 0.25) is 11.1 Å². The number of halogens is 1. The van der Waals surface area contributed by atoms with Crippen LogP contribution in [0, 0.1) is 11.7 Å². The van der Waals surface area contributed by atoms with E-state index in [2.05, 4.69) is 15.5 Å². The quantitative estimate of drug-likeness (QED) is 0.582. The summed E-state index contributed by atoms with van der Waals surface area (Å²) in [6.45, 7) is 7.97. The summed E-state index contributed by atoms with van der Waals surface area (Å²) in [5.41, 5.74) is 0.874. The van der Waals surface area contributed by atoms with Crippen molar-refractivity contribution in [3.8, 4) is 0 Å². The van der Waals surface area contributed by atoms with Gasteiger partial charge in [-0.05, 0) is 23.6 Å². The van der Waals surface area contributed by atoms with Gasteiger partial charge >= 0.3 is 0 Å². The van der Waals surface area contributed by atoms with Crippen molar-refractivity contribution in [1.29, 1.82) is 0 Å². The first-order valence-corrected chi connectivity index (χ1v) is 9.16. The lowest BCUT2D eigenvalue weighted by molar-refractivity contribution is -0.119. The topological polar surface area (TPSA) is 85.8 Å². The second kappa shape index (κ2) is 8.33. The highest BCUT2D eigenvalue weighted by atomic mass is 32.2. The van der Waals surface area contributed by atoms with Gasteiger partial charge in [0.05, 0.1) is 11.8 Å². The molecular weight excluding hydrogens is 341 g/mol. The van der Waals surface area contributed by atoms with Crippen LogP contribution < -0.4 is 11.2 Å². The molecule has 1 heterocycles. The van der Waals surface area contributed by atoms with Crippen LogP contribution in [0.5, 0.6) is 0 Å². The molecule has 1 atom stereocenters. The number of amides is 1. The summed E-state index contributed by atoms with van der Waals surface area (Å²) < 4.78 is 14.5. The van der Waals surface area contributed by atoms with Crippen LogP contribution in [0.1, 0.15) is 51.0 Å². The molecule has 0 fully saturated rings. The molecule has 1 aromatic heterocycles. The molecule has 0 spiro atoms. The minimum absolute atomic E-state index is 0.137. The zero-order chi connectivity index (χ0) is 18.6. The van der Waals surface area contributed by atoms with Crippen LogP contribution >= 0.6 is 11.8 Å². The third kappa shape index (κ3) is 4.94. The molecule has 0 radical (unpaired) electrons. The van der Waals surface area contributed by atoms with Gasteiger partial charge in [0, 0.05) is 5.92 Å². The van der Waals surface area contributed by atoms with Gasteiger partial charge in [0.1, 0.15) is 5.82 Å². The van der Waals surface area contributed by atoms with E-state index in [1.54, 1.807) is 12.1 Å². The van der Waals surface area contributed by atoms with E-state index in [1.165, 1.54) is 28.6 Å². The van der Waals surface area contributed by atoms with Crippen molar-refractivity contribution in [2.45, 2.75) is 44.8 Å². The predicted molar refractivity (Wildman–Crippen MR) is 97.1 cm³/mol. The lowest BCUT2D eigenvalue weighted by Gasteiger charge is -2.23. The molecule has 136 valence electrons. The van der Waals surface area contributed by atoms with Gasteiger partial charge in [-0.2, -0.15) is 0 Å². The van der Waals surface area contributed by atoms with Crippen LogP contribution in [0.4, 0.5) is 4.39 Å². The number of rotatable bonds is 7. The van der Waals surface area contributed by atoms with Gasteiger partial charge in [0.15, 0.2) is 5.82 Å². The summed E-state index contributed by atoms with van der Waals surface area (Å²) in [4.78, 5) is 12.3. The largest absolute Gasteiger partial charge is 0.348 e. The zero-order valence-corrected chi connectivity index (χ0v) is 15.7. The number of nitrogen functional groups attached to an aromatic ring is 1. The molecule has 0 saturated carbocycles. The molecule has 3 N–H and O–H groups in total. The van der Waals surface area contributed by atoms with Crippen LogP contribution in [0.2, 0.25) is 0 Å². The number of nitrogens with one attached hydrogen (secondary N) is 1. The van der Waals surface area contributed by atoms with Gasteiger partial charge in [-0.1, -0.05) is 51.6 Å². The number of hydrogen-bond donors (Lipinski definition) is 2. The summed E-state index contributed by atoms with van der Waals surface area (Å²) in [6.07, 6.45) is 0. The van der Waals surface area contributed by atoms with Gasteiger partial charge in [0.25, 0.3) is 0 Å². The zero-order valence-electron chi connectivity index (χ0n) is 14.9. The molecule has 0 aliphatic heterocycles. The Balaban J connectivity index is 1.99. The van der Waals surface area contributed by atoms with Crippen molar-refractivity contribution < 1.29 is 9.18 Å². The number of carbonyl (C=O) groups excluding carboxylic acids is 1. The second-order valence-corrected chi connectivity index (χ2v) is 7.44.